The maximum atomic E-state index is 13.3. The summed E-state index contributed by atoms with van der Waals surface area (Å²) in [5.74, 6) is -0.391. The average molecular weight is 315 g/mol. The summed E-state index contributed by atoms with van der Waals surface area (Å²) in [4.78, 5) is 0.467. The van der Waals surface area contributed by atoms with E-state index in [0.717, 1.165) is 16.1 Å². The minimum Gasteiger partial charge on any atom is -0.207 e. The highest BCUT2D eigenvalue weighted by Crippen LogP contribution is 2.26. The van der Waals surface area contributed by atoms with Gasteiger partial charge in [0.1, 0.15) is 11.6 Å². The molecule has 0 N–H and O–H groups in total. The number of thioether (sulfide) groups is 1. The van der Waals surface area contributed by atoms with Gasteiger partial charge in [0.15, 0.2) is 0 Å². The van der Waals surface area contributed by atoms with Crippen molar-refractivity contribution in [2.75, 3.05) is 0 Å². The molecule has 4 heteroatoms. The second kappa shape index (κ2) is 5.65. The first-order valence-corrected chi connectivity index (χ1v) is 6.75. The molecule has 0 radical (unpaired) electrons. The van der Waals surface area contributed by atoms with Crippen LogP contribution in [0, 0.1) is 11.6 Å². The highest BCUT2D eigenvalue weighted by Gasteiger charge is 2.04. The van der Waals surface area contributed by atoms with Crippen LogP contribution < -0.4 is 0 Å². The van der Waals surface area contributed by atoms with E-state index in [9.17, 15) is 8.78 Å². The van der Waals surface area contributed by atoms with Crippen molar-refractivity contribution in [2.45, 2.75) is 10.6 Å². The molecule has 0 amide bonds. The van der Waals surface area contributed by atoms with Gasteiger partial charge in [-0.2, -0.15) is 0 Å². The summed E-state index contributed by atoms with van der Waals surface area (Å²) < 4.78 is 27.1. The predicted octanol–water partition coefficient (Wildman–Crippen LogP) is 5.02. The van der Waals surface area contributed by atoms with Gasteiger partial charge in [-0.1, -0.05) is 28.1 Å². The molecule has 88 valence electrons. The molecule has 0 heterocycles. The number of hydrogen-bond donors (Lipinski definition) is 0. The maximum absolute atomic E-state index is 13.3. The molecule has 0 unspecified atom stereocenters. The van der Waals surface area contributed by atoms with E-state index in [1.807, 2.05) is 24.3 Å². The van der Waals surface area contributed by atoms with Crippen molar-refractivity contribution in [3.63, 3.8) is 0 Å². The zero-order valence-electron chi connectivity index (χ0n) is 8.79. The predicted molar refractivity (Wildman–Crippen MR) is 70.1 cm³/mol. The van der Waals surface area contributed by atoms with Crippen LogP contribution in [-0.4, -0.2) is 0 Å². The van der Waals surface area contributed by atoms with Gasteiger partial charge in [0, 0.05) is 21.2 Å². The normalized spacial score (nSPS) is 10.5. The molecule has 2 rings (SSSR count). The molecule has 0 nitrogen and oxygen atoms in total. The molecule has 0 spiro atoms. The van der Waals surface area contributed by atoms with Gasteiger partial charge in [0.2, 0.25) is 0 Å². The molecule has 0 atom stereocenters. The lowest BCUT2D eigenvalue weighted by Crippen LogP contribution is -1.85. The van der Waals surface area contributed by atoms with Crippen LogP contribution in [-0.2, 0) is 5.75 Å². The first-order chi connectivity index (χ1) is 8.15. The van der Waals surface area contributed by atoms with Crippen LogP contribution in [0.25, 0.3) is 0 Å². The monoisotopic (exact) mass is 314 g/mol. The topological polar surface area (TPSA) is 0 Å². The molecule has 2 aromatic carbocycles. The Labute approximate surface area is 111 Å². The van der Waals surface area contributed by atoms with Crippen LogP contribution in [0.4, 0.5) is 8.78 Å². The fourth-order valence-electron chi connectivity index (χ4n) is 1.33. The molecular weight excluding hydrogens is 306 g/mol. The average Bonchev–Trinajstić information content (AvgIpc) is 2.30. The van der Waals surface area contributed by atoms with E-state index < -0.39 is 11.6 Å². The molecule has 0 fully saturated rings. The van der Waals surface area contributed by atoms with Gasteiger partial charge < -0.3 is 0 Å². The van der Waals surface area contributed by atoms with E-state index in [-0.39, 0.29) is 0 Å². The van der Waals surface area contributed by atoms with E-state index in [1.54, 1.807) is 0 Å². The van der Waals surface area contributed by atoms with E-state index in [2.05, 4.69) is 15.9 Å². The number of halogens is 3. The Balaban J connectivity index is 2.04. The van der Waals surface area contributed by atoms with Crippen LogP contribution in [0.2, 0.25) is 0 Å². The Bertz CT molecular complexity index is 511. The van der Waals surface area contributed by atoms with E-state index in [1.165, 1.54) is 23.9 Å². The number of hydrogen-bond acceptors (Lipinski definition) is 1. The van der Waals surface area contributed by atoms with Crippen molar-refractivity contribution in [3.8, 4) is 0 Å². The summed E-state index contributed by atoms with van der Waals surface area (Å²) in [6, 6.07) is 11.5. The Morgan fingerprint density at radius 1 is 1.00 bits per heavy atom. The van der Waals surface area contributed by atoms with Crippen molar-refractivity contribution in [1.82, 2.24) is 0 Å². The third kappa shape index (κ3) is 3.54. The SMILES string of the molecule is Fc1ccc(SCc2ccc(Br)cc2)c(F)c1. The van der Waals surface area contributed by atoms with Crippen LogP contribution in [0.3, 0.4) is 0 Å². The highest BCUT2D eigenvalue weighted by molar-refractivity contribution is 9.10. The van der Waals surface area contributed by atoms with Crippen molar-refractivity contribution >= 4 is 27.7 Å². The van der Waals surface area contributed by atoms with Gasteiger partial charge in [-0.05, 0) is 29.8 Å². The number of benzene rings is 2. The fourth-order valence-corrected chi connectivity index (χ4v) is 2.47. The van der Waals surface area contributed by atoms with Gasteiger partial charge in [-0.25, -0.2) is 8.78 Å². The van der Waals surface area contributed by atoms with Crippen LogP contribution in [0.5, 0.6) is 0 Å². The molecular formula is C13H9BrF2S. The zero-order valence-corrected chi connectivity index (χ0v) is 11.2. The zero-order chi connectivity index (χ0) is 12.3. The lowest BCUT2D eigenvalue weighted by atomic mass is 10.2. The molecule has 17 heavy (non-hydrogen) atoms. The van der Waals surface area contributed by atoms with Crippen molar-refractivity contribution in [2.24, 2.45) is 0 Å². The quantitative estimate of drug-likeness (QED) is 0.717. The van der Waals surface area contributed by atoms with E-state index in [4.69, 9.17) is 0 Å². The van der Waals surface area contributed by atoms with Gasteiger partial charge in [0.05, 0.1) is 0 Å². The smallest absolute Gasteiger partial charge is 0.139 e. The van der Waals surface area contributed by atoms with Crippen molar-refractivity contribution in [1.29, 1.82) is 0 Å². The molecule has 0 saturated carbocycles. The number of rotatable bonds is 3. The standard InChI is InChI=1S/C13H9BrF2S/c14-10-3-1-9(2-4-10)8-17-13-6-5-11(15)7-12(13)16/h1-7H,8H2. The highest BCUT2D eigenvalue weighted by atomic mass is 79.9. The van der Waals surface area contributed by atoms with Crippen molar-refractivity contribution in [3.05, 3.63) is 64.1 Å². The Morgan fingerprint density at radius 3 is 2.35 bits per heavy atom. The van der Waals surface area contributed by atoms with Gasteiger partial charge in [-0.15, -0.1) is 11.8 Å². The van der Waals surface area contributed by atoms with Gasteiger partial charge >= 0.3 is 0 Å². The molecule has 0 aromatic heterocycles. The minimum absolute atomic E-state index is 0.467. The van der Waals surface area contributed by atoms with E-state index in [0.29, 0.717) is 10.6 Å². The fraction of sp³-hybridized carbons (Fsp3) is 0.0769. The first-order valence-electron chi connectivity index (χ1n) is 4.97. The largest absolute Gasteiger partial charge is 0.207 e. The summed E-state index contributed by atoms with van der Waals surface area (Å²) in [7, 11) is 0. The molecule has 0 aliphatic carbocycles. The van der Waals surface area contributed by atoms with Crippen LogP contribution in [0.1, 0.15) is 5.56 Å². The summed E-state index contributed by atoms with van der Waals surface area (Å²) in [6.45, 7) is 0. The molecule has 0 aliphatic heterocycles. The third-order valence-electron chi connectivity index (χ3n) is 2.20. The Morgan fingerprint density at radius 2 is 1.71 bits per heavy atom. The molecule has 2 aromatic rings. The lowest BCUT2D eigenvalue weighted by molar-refractivity contribution is 0.565. The second-order valence-electron chi connectivity index (χ2n) is 3.49. The Kier molecular flexibility index (Phi) is 4.18. The van der Waals surface area contributed by atoms with Gasteiger partial charge in [0.25, 0.3) is 0 Å². The van der Waals surface area contributed by atoms with E-state index >= 15 is 0 Å². The van der Waals surface area contributed by atoms with Crippen molar-refractivity contribution < 1.29 is 8.78 Å². The van der Waals surface area contributed by atoms with Crippen LogP contribution >= 0.6 is 27.7 Å². The summed E-state index contributed by atoms with van der Waals surface area (Å²) >= 11 is 4.71. The third-order valence-corrected chi connectivity index (χ3v) is 3.85. The first kappa shape index (κ1) is 12.6. The second-order valence-corrected chi connectivity index (χ2v) is 5.42. The summed E-state index contributed by atoms with van der Waals surface area (Å²) in [6.07, 6.45) is 0. The Hall–Kier alpha value is -0.870. The lowest BCUT2D eigenvalue weighted by Gasteiger charge is -2.03. The summed E-state index contributed by atoms with van der Waals surface area (Å²) in [5.41, 5.74) is 1.10. The minimum atomic E-state index is -0.546. The molecule has 0 saturated heterocycles. The maximum Gasteiger partial charge on any atom is 0.139 e. The van der Waals surface area contributed by atoms with Gasteiger partial charge in [-0.3, -0.25) is 0 Å². The molecule has 0 aliphatic rings. The van der Waals surface area contributed by atoms with Crippen LogP contribution in [0.15, 0.2) is 51.8 Å². The summed E-state index contributed by atoms with van der Waals surface area (Å²) in [5, 5.41) is 0. The molecule has 0 bridgehead atoms.